The van der Waals surface area contributed by atoms with Crippen LogP contribution in [0.1, 0.15) is 19.3 Å². The van der Waals surface area contributed by atoms with Gasteiger partial charge in [-0.15, -0.1) is 0 Å². The first-order valence-electron chi connectivity index (χ1n) is 5.55. The van der Waals surface area contributed by atoms with Crippen LogP contribution in [0.4, 0.5) is 0 Å². The zero-order valence-corrected chi connectivity index (χ0v) is 10.7. The van der Waals surface area contributed by atoms with Crippen LogP contribution in [-0.4, -0.2) is 57.4 Å². The maximum Gasteiger partial charge on any atom is 0.223 e. The normalized spacial score (nSPS) is 24.0. The minimum atomic E-state index is -2.86. The number of nitrogens with one attached hydrogen (secondary N) is 1. The molecule has 0 aromatic carbocycles. The van der Waals surface area contributed by atoms with E-state index in [1.807, 2.05) is 0 Å². The zero-order chi connectivity index (χ0) is 12.2. The van der Waals surface area contributed by atoms with Gasteiger partial charge in [-0.05, 0) is 12.8 Å². The Balaban J connectivity index is 2.26. The molecule has 5 nitrogen and oxygen atoms in total. The topological polar surface area (TPSA) is 66.5 Å². The van der Waals surface area contributed by atoms with Crippen molar-refractivity contribution in [2.24, 2.45) is 0 Å². The molecule has 0 saturated carbocycles. The van der Waals surface area contributed by atoms with E-state index < -0.39 is 9.84 Å². The lowest BCUT2D eigenvalue weighted by atomic mass is 10.2. The number of hydrogen-bond donors (Lipinski definition) is 1. The first-order valence-corrected chi connectivity index (χ1v) is 7.37. The van der Waals surface area contributed by atoms with E-state index in [-0.39, 0.29) is 17.7 Å². The lowest BCUT2D eigenvalue weighted by molar-refractivity contribution is -0.128. The summed E-state index contributed by atoms with van der Waals surface area (Å²) in [4.78, 5) is 12.8. The predicted molar refractivity (Wildman–Crippen MR) is 63.0 cm³/mol. The third kappa shape index (κ3) is 4.49. The predicted octanol–water partition coefficient (Wildman–Crippen LogP) is -0.368. The van der Waals surface area contributed by atoms with Gasteiger partial charge in [-0.3, -0.25) is 4.79 Å². The van der Waals surface area contributed by atoms with Crippen LogP contribution in [0.5, 0.6) is 0 Å². The van der Waals surface area contributed by atoms with Crippen molar-refractivity contribution in [1.82, 2.24) is 10.2 Å². The van der Waals surface area contributed by atoms with Crippen molar-refractivity contribution < 1.29 is 13.2 Å². The molecule has 0 spiro atoms. The summed E-state index contributed by atoms with van der Waals surface area (Å²) in [5, 5.41) is 3.14. The van der Waals surface area contributed by atoms with Gasteiger partial charge in [0.15, 0.2) is 9.84 Å². The van der Waals surface area contributed by atoms with Crippen molar-refractivity contribution in [2.75, 3.05) is 32.1 Å². The summed E-state index contributed by atoms with van der Waals surface area (Å²) in [6.45, 7) is 0.553. The third-order valence-corrected chi connectivity index (χ3v) is 4.55. The standard InChI is InChI=1S/C10H20N2O3S/c1-12(2)10(13)5-6-11-9-4-3-7-16(14,15)8-9/h9,11H,3-8H2,1-2H3. The second kappa shape index (κ2) is 5.63. The number of rotatable bonds is 4. The smallest absolute Gasteiger partial charge is 0.223 e. The van der Waals surface area contributed by atoms with Gasteiger partial charge >= 0.3 is 0 Å². The molecule has 1 aliphatic rings. The van der Waals surface area contributed by atoms with E-state index in [4.69, 9.17) is 0 Å². The first-order chi connectivity index (χ1) is 7.41. The largest absolute Gasteiger partial charge is 0.349 e. The molecule has 1 saturated heterocycles. The molecule has 0 bridgehead atoms. The Morgan fingerprint density at radius 2 is 2.12 bits per heavy atom. The summed E-state index contributed by atoms with van der Waals surface area (Å²) in [5.41, 5.74) is 0. The Bertz CT molecular complexity index is 338. The number of amides is 1. The summed E-state index contributed by atoms with van der Waals surface area (Å²) in [6.07, 6.45) is 2.03. The summed E-state index contributed by atoms with van der Waals surface area (Å²) in [7, 11) is 0.575. The Morgan fingerprint density at radius 1 is 1.44 bits per heavy atom. The monoisotopic (exact) mass is 248 g/mol. The molecule has 94 valence electrons. The highest BCUT2D eigenvalue weighted by atomic mass is 32.2. The van der Waals surface area contributed by atoms with Crippen molar-refractivity contribution in [1.29, 1.82) is 0 Å². The van der Waals surface area contributed by atoms with E-state index in [1.165, 1.54) is 0 Å². The fourth-order valence-corrected chi connectivity index (χ4v) is 3.46. The summed E-state index contributed by atoms with van der Waals surface area (Å²) < 4.78 is 22.7. The lowest BCUT2D eigenvalue weighted by Crippen LogP contribution is -2.41. The molecule has 1 N–H and O–H groups in total. The average Bonchev–Trinajstić information content (AvgIpc) is 2.15. The van der Waals surface area contributed by atoms with Crippen molar-refractivity contribution in [3.05, 3.63) is 0 Å². The van der Waals surface area contributed by atoms with Gasteiger partial charge in [0.05, 0.1) is 11.5 Å². The molecule has 6 heteroatoms. The second-order valence-electron chi connectivity index (χ2n) is 4.45. The van der Waals surface area contributed by atoms with Gasteiger partial charge in [0.2, 0.25) is 5.91 Å². The van der Waals surface area contributed by atoms with Crippen LogP contribution in [0, 0.1) is 0 Å². The van der Waals surface area contributed by atoms with Crippen molar-refractivity contribution in [3.63, 3.8) is 0 Å². The van der Waals surface area contributed by atoms with Crippen molar-refractivity contribution >= 4 is 15.7 Å². The van der Waals surface area contributed by atoms with Crippen LogP contribution in [0.3, 0.4) is 0 Å². The highest BCUT2D eigenvalue weighted by Crippen LogP contribution is 2.11. The van der Waals surface area contributed by atoms with Crippen LogP contribution >= 0.6 is 0 Å². The van der Waals surface area contributed by atoms with Gasteiger partial charge in [-0.1, -0.05) is 0 Å². The minimum absolute atomic E-state index is 0.0220. The van der Waals surface area contributed by atoms with Gasteiger partial charge in [0.25, 0.3) is 0 Å². The Hall–Kier alpha value is -0.620. The van der Waals surface area contributed by atoms with E-state index in [0.29, 0.717) is 18.7 Å². The molecular formula is C10H20N2O3S. The fourth-order valence-electron chi connectivity index (χ4n) is 1.79. The molecule has 1 fully saturated rings. The van der Waals surface area contributed by atoms with Crippen LogP contribution in [0.15, 0.2) is 0 Å². The molecule has 1 amide bonds. The summed E-state index contributed by atoms with van der Waals surface area (Å²) in [6, 6.07) is 0.0220. The number of nitrogens with zero attached hydrogens (tertiary/aromatic N) is 1. The van der Waals surface area contributed by atoms with E-state index in [0.717, 1.165) is 12.8 Å². The maximum absolute atomic E-state index is 11.4. The molecule has 1 aliphatic heterocycles. The van der Waals surface area contributed by atoms with Crippen LogP contribution in [0.2, 0.25) is 0 Å². The Labute approximate surface area is 97.1 Å². The van der Waals surface area contributed by atoms with E-state index in [1.54, 1.807) is 19.0 Å². The highest BCUT2D eigenvalue weighted by Gasteiger charge is 2.24. The number of carbonyl (C=O) groups is 1. The zero-order valence-electron chi connectivity index (χ0n) is 9.90. The number of carbonyl (C=O) groups excluding carboxylic acids is 1. The van der Waals surface area contributed by atoms with E-state index in [2.05, 4.69) is 5.32 Å². The third-order valence-electron chi connectivity index (χ3n) is 2.73. The molecule has 1 unspecified atom stereocenters. The average molecular weight is 248 g/mol. The molecule has 1 atom stereocenters. The summed E-state index contributed by atoms with van der Waals surface area (Å²) in [5.74, 6) is 0.580. The molecule has 1 rings (SSSR count). The fraction of sp³-hybridized carbons (Fsp3) is 0.900. The van der Waals surface area contributed by atoms with Crippen molar-refractivity contribution in [3.8, 4) is 0 Å². The Morgan fingerprint density at radius 3 is 2.69 bits per heavy atom. The Kier molecular flexibility index (Phi) is 4.73. The number of hydrogen-bond acceptors (Lipinski definition) is 4. The molecule has 16 heavy (non-hydrogen) atoms. The number of sulfone groups is 1. The van der Waals surface area contributed by atoms with Gasteiger partial charge in [-0.25, -0.2) is 8.42 Å². The summed E-state index contributed by atoms with van der Waals surface area (Å²) >= 11 is 0. The van der Waals surface area contributed by atoms with Crippen molar-refractivity contribution in [2.45, 2.75) is 25.3 Å². The highest BCUT2D eigenvalue weighted by molar-refractivity contribution is 7.91. The van der Waals surface area contributed by atoms with Crippen LogP contribution in [0.25, 0.3) is 0 Å². The SMILES string of the molecule is CN(C)C(=O)CCNC1CCCS(=O)(=O)C1. The van der Waals surface area contributed by atoms with E-state index in [9.17, 15) is 13.2 Å². The van der Waals surface area contributed by atoms with Gasteiger partial charge in [0, 0.05) is 33.1 Å². The van der Waals surface area contributed by atoms with Gasteiger partial charge in [0.1, 0.15) is 0 Å². The van der Waals surface area contributed by atoms with E-state index >= 15 is 0 Å². The molecule has 0 aliphatic carbocycles. The minimum Gasteiger partial charge on any atom is -0.349 e. The molecule has 0 aromatic rings. The first kappa shape index (κ1) is 13.4. The quantitative estimate of drug-likeness (QED) is 0.737. The molecular weight excluding hydrogens is 228 g/mol. The second-order valence-corrected chi connectivity index (χ2v) is 6.67. The molecule has 1 heterocycles. The molecule has 0 aromatic heterocycles. The lowest BCUT2D eigenvalue weighted by Gasteiger charge is -2.23. The molecule has 0 radical (unpaired) electrons. The van der Waals surface area contributed by atoms with Gasteiger partial charge in [-0.2, -0.15) is 0 Å². The van der Waals surface area contributed by atoms with Crippen LogP contribution in [-0.2, 0) is 14.6 Å². The van der Waals surface area contributed by atoms with Gasteiger partial charge < -0.3 is 10.2 Å². The van der Waals surface area contributed by atoms with Crippen LogP contribution < -0.4 is 5.32 Å². The maximum atomic E-state index is 11.4.